The first kappa shape index (κ1) is 30.6. The lowest BCUT2D eigenvalue weighted by Crippen LogP contribution is -2.37. The third kappa shape index (κ3) is 6.12. The van der Waals surface area contributed by atoms with E-state index in [0.29, 0.717) is 30.3 Å². The molecule has 0 unspecified atom stereocenters. The quantitative estimate of drug-likeness (QED) is 0.335. The summed E-state index contributed by atoms with van der Waals surface area (Å²) < 4.78 is 20.7. The van der Waals surface area contributed by atoms with Gasteiger partial charge in [0.2, 0.25) is 11.5 Å². The highest BCUT2D eigenvalue weighted by Gasteiger charge is 2.28. The summed E-state index contributed by atoms with van der Waals surface area (Å²) in [7, 11) is 1.68. The summed E-state index contributed by atoms with van der Waals surface area (Å²) in [5, 5.41) is 18.4. The minimum atomic E-state index is -0.249. The molecule has 3 heterocycles. The molecule has 10 nitrogen and oxygen atoms in total. The number of hydrogen-bond donors (Lipinski definition) is 1. The van der Waals surface area contributed by atoms with Gasteiger partial charge in [-0.05, 0) is 43.2 Å². The fourth-order valence-electron chi connectivity index (χ4n) is 5.48. The van der Waals surface area contributed by atoms with Gasteiger partial charge in [0.1, 0.15) is 12.3 Å². The molecule has 1 aliphatic rings. The molecule has 0 bridgehead atoms. The maximum Gasteiger partial charge on any atom is 0.242 e. The van der Waals surface area contributed by atoms with E-state index in [-0.39, 0.29) is 29.5 Å². The largest absolute Gasteiger partial charge is 0.494 e. The number of methoxy groups -OCH3 is 1. The van der Waals surface area contributed by atoms with Crippen LogP contribution >= 0.6 is 0 Å². The lowest BCUT2D eigenvalue weighted by Gasteiger charge is -2.33. The first-order valence-electron chi connectivity index (χ1n) is 14.9. The number of aryl methyl sites for hydroxylation is 1. The van der Waals surface area contributed by atoms with Crippen molar-refractivity contribution in [1.29, 1.82) is 5.41 Å². The molecule has 1 aromatic carbocycles. The van der Waals surface area contributed by atoms with Crippen LogP contribution in [0.15, 0.2) is 12.1 Å². The molecule has 1 aliphatic heterocycles. The molecule has 0 saturated carbocycles. The molecule has 0 radical (unpaired) electrons. The molecule has 2 aromatic heterocycles. The Morgan fingerprint density at radius 2 is 1.71 bits per heavy atom. The fourth-order valence-corrected chi connectivity index (χ4v) is 5.48. The van der Waals surface area contributed by atoms with E-state index < -0.39 is 0 Å². The van der Waals surface area contributed by atoms with Crippen molar-refractivity contribution in [3.63, 3.8) is 0 Å². The topological polar surface area (TPSA) is 107 Å². The summed E-state index contributed by atoms with van der Waals surface area (Å²) in [6.45, 7) is 17.3. The van der Waals surface area contributed by atoms with Crippen LogP contribution in [-0.2, 0) is 29.5 Å². The Labute approximate surface area is 243 Å². The number of nitrogens with zero attached hydrogens (tertiary/aromatic N) is 5. The molecule has 41 heavy (non-hydrogen) atoms. The van der Waals surface area contributed by atoms with E-state index in [1.54, 1.807) is 7.11 Å². The third-order valence-electron chi connectivity index (χ3n) is 7.89. The summed E-state index contributed by atoms with van der Waals surface area (Å²) in [6.07, 6.45) is 3.26. The number of nitrogens with one attached hydrogen (secondary N) is 1. The van der Waals surface area contributed by atoms with Crippen molar-refractivity contribution < 1.29 is 19.0 Å². The van der Waals surface area contributed by atoms with Crippen molar-refractivity contribution in [3.05, 3.63) is 40.0 Å². The van der Waals surface area contributed by atoms with Gasteiger partial charge in [-0.25, -0.2) is 4.68 Å². The zero-order chi connectivity index (χ0) is 29.9. The van der Waals surface area contributed by atoms with E-state index in [4.69, 9.17) is 29.8 Å². The fraction of sp³-hybridized carbons (Fsp3) is 0.613. The van der Waals surface area contributed by atoms with Crippen LogP contribution in [-0.4, -0.2) is 64.7 Å². The van der Waals surface area contributed by atoms with Gasteiger partial charge in [-0.2, -0.15) is 4.52 Å². The predicted molar refractivity (Wildman–Crippen MR) is 160 cm³/mol. The highest BCUT2D eigenvalue weighted by Crippen LogP contribution is 2.40. The Hall–Kier alpha value is -3.40. The molecule has 0 amide bonds. The summed E-state index contributed by atoms with van der Waals surface area (Å²) in [5.41, 5.74) is 4.81. The summed E-state index contributed by atoms with van der Waals surface area (Å²) >= 11 is 0. The number of fused-ring (bicyclic) bond motifs is 1. The number of Topliss-reactive ketones (excluding diaryl/α,β-unsaturated/α-hetero) is 1. The normalized spacial score (nSPS) is 14.2. The number of anilines is 1. The van der Waals surface area contributed by atoms with E-state index in [0.717, 1.165) is 66.9 Å². The molecule has 3 aromatic rings. The zero-order valence-electron chi connectivity index (χ0n) is 26.0. The van der Waals surface area contributed by atoms with Crippen LogP contribution in [0.3, 0.4) is 0 Å². The standard InChI is InChI=1S/C31H46N6O4/c1-9-21(10-2)41-29-23(12-4)22(11-3)28-33-36(30(32)37(28)34-29)19-26(38)20-17-24(31(5,6)7)27(39-8)25(18-20)35-13-15-40-16-14-35/h17-18,21,32H,9-16,19H2,1-8H3. The maximum absolute atomic E-state index is 13.8. The molecule has 1 fully saturated rings. The first-order chi connectivity index (χ1) is 19.6. The molecule has 0 aliphatic carbocycles. The van der Waals surface area contributed by atoms with E-state index in [1.807, 2.05) is 12.1 Å². The molecule has 4 rings (SSSR count). The Kier molecular flexibility index (Phi) is 9.41. The van der Waals surface area contributed by atoms with Crippen molar-refractivity contribution in [2.24, 2.45) is 0 Å². The Bertz CT molecular complexity index is 1440. The number of carbonyl (C=O) groups is 1. The Morgan fingerprint density at radius 3 is 2.27 bits per heavy atom. The van der Waals surface area contributed by atoms with Gasteiger partial charge < -0.3 is 19.1 Å². The minimum absolute atomic E-state index is 0.0399. The van der Waals surface area contributed by atoms with Crippen LogP contribution in [0.4, 0.5) is 5.69 Å². The predicted octanol–water partition coefficient (Wildman–Crippen LogP) is 4.73. The molecular formula is C31H46N6O4. The lowest BCUT2D eigenvalue weighted by molar-refractivity contribution is 0.0965. The molecule has 0 spiro atoms. The van der Waals surface area contributed by atoms with Crippen LogP contribution in [0.5, 0.6) is 11.6 Å². The van der Waals surface area contributed by atoms with Gasteiger partial charge in [-0.15, -0.1) is 10.2 Å². The van der Waals surface area contributed by atoms with Gasteiger partial charge >= 0.3 is 0 Å². The molecule has 1 N–H and O–H groups in total. The smallest absolute Gasteiger partial charge is 0.242 e. The maximum atomic E-state index is 13.8. The van der Waals surface area contributed by atoms with E-state index >= 15 is 0 Å². The average Bonchev–Trinajstić information content (AvgIpc) is 3.28. The number of ketones is 1. The lowest BCUT2D eigenvalue weighted by atomic mass is 9.84. The monoisotopic (exact) mass is 566 g/mol. The molecular weight excluding hydrogens is 520 g/mol. The van der Waals surface area contributed by atoms with Crippen LogP contribution in [0, 0.1) is 5.41 Å². The van der Waals surface area contributed by atoms with Gasteiger partial charge in [0.15, 0.2) is 11.4 Å². The van der Waals surface area contributed by atoms with Crippen LogP contribution in [0.2, 0.25) is 0 Å². The average molecular weight is 567 g/mol. The highest BCUT2D eigenvalue weighted by atomic mass is 16.5. The van der Waals surface area contributed by atoms with Gasteiger partial charge in [0.25, 0.3) is 0 Å². The number of rotatable bonds is 11. The van der Waals surface area contributed by atoms with Crippen LogP contribution in [0.1, 0.15) is 88.4 Å². The van der Waals surface area contributed by atoms with Gasteiger partial charge in [-0.1, -0.05) is 48.5 Å². The Balaban J connectivity index is 1.78. The van der Waals surface area contributed by atoms with Crippen LogP contribution < -0.4 is 20.0 Å². The summed E-state index contributed by atoms with van der Waals surface area (Å²) in [5.74, 6) is 1.21. The second-order valence-corrected chi connectivity index (χ2v) is 11.6. The molecule has 10 heteroatoms. The van der Waals surface area contributed by atoms with Crippen molar-refractivity contribution in [2.45, 2.75) is 92.2 Å². The molecule has 224 valence electrons. The SMILES string of the molecule is CCc1c(OC(CC)CC)nn2c(=N)n(CC(=O)c3cc(N4CCOCC4)c(OC)c(C(C)(C)C)c3)nc2c1CC. The van der Waals surface area contributed by atoms with Crippen LogP contribution in [0.25, 0.3) is 5.65 Å². The third-order valence-corrected chi connectivity index (χ3v) is 7.89. The summed E-state index contributed by atoms with van der Waals surface area (Å²) in [6, 6.07) is 3.84. The van der Waals surface area contributed by atoms with Gasteiger partial charge in [0, 0.05) is 35.3 Å². The number of hydrogen-bond acceptors (Lipinski definition) is 8. The first-order valence-corrected chi connectivity index (χ1v) is 14.9. The zero-order valence-corrected chi connectivity index (χ0v) is 26.0. The number of aromatic nitrogens is 4. The van der Waals surface area contributed by atoms with E-state index in [1.165, 1.54) is 9.20 Å². The van der Waals surface area contributed by atoms with Crippen molar-refractivity contribution in [1.82, 2.24) is 19.4 Å². The second-order valence-electron chi connectivity index (χ2n) is 11.6. The van der Waals surface area contributed by atoms with Gasteiger partial charge in [-0.3, -0.25) is 10.2 Å². The van der Waals surface area contributed by atoms with Crippen molar-refractivity contribution in [3.8, 4) is 11.6 Å². The van der Waals surface area contributed by atoms with Crippen molar-refractivity contribution >= 4 is 17.1 Å². The summed E-state index contributed by atoms with van der Waals surface area (Å²) in [4.78, 5) is 16.1. The minimum Gasteiger partial charge on any atom is -0.494 e. The van der Waals surface area contributed by atoms with E-state index in [2.05, 4.69) is 53.4 Å². The number of benzene rings is 1. The number of morpholine rings is 1. The second kappa shape index (κ2) is 12.6. The molecule has 0 atom stereocenters. The van der Waals surface area contributed by atoms with Gasteiger partial charge in [0.05, 0.1) is 32.1 Å². The number of ether oxygens (including phenoxy) is 3. The Morgan fingerprint density at radius 1 is 1.05 bits per heavy atom. The van der Waals surface area contributed by atoms with Crippen molar-refractivity contribution in [2.75, 3.05) is 38.3 Å². The highest BCUT2D eigenvalue weighted by molar-refractivity contribution is 5.97. The molecule has 1 saturated heterocycles. The number of carbonyl (C=O) groups excluding carboxylic acids is 1. The van der Waals surface area contributed by atoms with E-state index in [9.17, 15) is 4.79 Å².